The van der Waals surface area contributed by atoms with Crippen molar-refractivity contribution in [2.24, 2.45) is 0 Å². The Morgan fingerprint density at radius 3 is 2.82 bits per heavy atom. The van der Waals surface area contributed by atoms with Crippen LogP contribution in [0.1, 0.15) is 21.7 Å². The quantitative estimate of drug-likeness (QED) is 0.874. The number of amides is 1. The minimum atomic E-state index is -0.438. The van der Waals surface area contributed by atoms with E-state index >= 15 is 0 Å². The molecule has 0 aliphatic heterocycles. The van der Waals surface area contributed by atoms with E-state index in [1.165, 1.54) is 6.07 Å². The zero-order valence-corrected chi connectivity index (χ0v) is 9.11. The van der Waals surface area contributed by atoms with Gasteiger partial charge in [-0.05, 0) is 18.1 Å². The molecule has 1 N–H and O–H groups in total. The number of carbonyl (C=O) groups excluding carboxylic acids is 1. The topological polar surface area (TPSA) is 68.0 Å². The van der Waals surface area contributed by atoms with Gasteiger partial charge in [-0.2, -0.15) is 0 Å². The van der Waals surface area contributed by atoms with Crippen molar-refractivity contribution in [3.63, 3.8) is 0 Å². The Bertz CT molecular complexity index is 539. The minimum Gasteiger partial charge on any atom is -0.346 e. The van der Waals surface area contributed by atoms with Crippen LogP contribution in [0, 0.1) is 12.7 Å². The molecule has 5 nitrogen and oxygen atoms in total. The van der Waals surface area contributed by atoms with Crippen LogP contribution in [0.4, 0.5) is 4.39 Å². The highest BCUT2D eigenvalue weighted by Gasteiger charge is 2.14. The summed E-state index contributed by atoms with van der Waals surface area (Å²) in [6.45, 7) is 1.70. The fourth-order valence-electron chi connectivity index (χ4n) is 1.34. The second kappa shape index (κ2) is 4.73. The monoisotopic (exact) mass is 235 g/mol. The predicted molar refractivity (Wildman–Crippen MR) is 56.6 cm³/mol. The molecular weight excluding hydrogens is 225 g/mol. The van der Waals surface area contributed by atoms with Crippen LogP contribution in [0.5, 0.6) is 0 Å². The van der Waals surface area contributed by atoms with E-state index in [-0.39, 0.29) is 18.1 Å². The Morgan fingerprint density at radius 1 is 1.41 bits per heavy atom. The summed E-state index contributed by atoms with van der Waals surface area (Å²) in [5.74, 6) is -0.796. The zero-order valence-electron chi connectivity index (χ0n) is 9.11. The number of hydrogen-bond acceptors (Lipinski definition) is 4. The number of aromatic nitrogens is 2. The van der Waals surface area contributed by atoms with Gasteiger partial charge in [0, 0.05) is 12.1 Å². The molecule has 2 aromatic rings. The van der Waals surface area contributed by atoms with Gasteiger partial charge in [-0.1, -0.05) is 23.4 Å². The van der Waals surface area contributed by atoms with Crippen LogP contribution >= 0.6 is 0 Å². The molecule has 0 unspecified atom stereocenters. The maximum absolute atomic E-state index is 13.3. The minimum absolute atomic E-state index is 0.0950. The van der Waals surface area contributed by atoms with Gasteiger partial charge in [-0.15, -0.1) is 0 Å². The molecule has 0 spiro atoms. The molecule has 17 heavy (non-hydrogen) atoms. The second-order valence-corrected chi connectivity index (χ2v) is 3.47. The molecule has 1 aromatic heterocycles. The zero-order chi connectivity index (χ0) is 12.3. The van der Waals surface area contributed by atoms with Gasteiger partial charge in [0.2, 0.25) is 0 Å². The fraction of sp³-hybridized carbons (Fsp3) is 0.182. The highest BCUT2D eigenvalue weighted by molar-refractivity contribution is 5.92. The molecule has 6 heteroatoms. The standard InChI is InChI=1S/C11H10FN3O2/c1-7-10(15-17-14-7)11(16)13-6-8-4-2-3-5-9(8)12/h2-5H,6H2,1H3,(H,13,16). The lowest BCUT2D eigenvalue weighted by molar-refractivity contribution is 0.0940. The Balaban J connectivity index is 2.02. The third-order valence-corrected chi connectivity index (χ3v) is 2.26. The van der Waals surface area contributed by atoms with Crippen LogP contribution in [0.25, 0.3) is 0 Å². The maximum atomic E-state index is 13.3. The average molecular weight is 235 g/mol. The third kappa shape index (κ3) is 2.47. The maximum Gasteiger partial charge on any atom is 0.275 e. The SMILES string of the molecule is Cc1nonc1C(=O)NCc1ccccc1F. The molecule has 88 valence electrons. The molecule has 0 radical (unpaired) electrons. The third-order valence-electron chi connectivity index (χ3n) is 2.26. The number of nitrogens with one attached hydrogen (secondary N) is 1. The lowest BCUT2D eigenvalue weighted by Crippen LogP contribution is -2.24. The van der Waals surface area contributed by atoms with Crippen molar-refractivity contribution < 1.29 is 13.8 Å². The second-order valence-electron chi connectivity index (χ2n) is 3.47. The van der Waals surface area contributed by atoms with Crippen molar-refractivity contribution in [3.8, 4) is 0 Å². The molecule has 0 saturated carbocycles. The van der Waals surface area contributed by atoms with E-state index in [2.05, 4.69) is 20.3 Å². The summed E-state index contributed by atoms with van der Waals surface area (Å²) in [6, 6.07) is 6.23. The normalized spacial score (nSPS) is 10.2. The fourth-order valence-corrected chi connectivity index (χ4v) is 1.34. The average Bonchev–Trinajstić information content (AvgIpc) is 2.74. The van der Waals surface area contributed by atoms with Gasteiger partial charge in [-0.3, -0.25) is 4.79 Å². The van der Waals surface area contributed by atoms with Gasteiger partial charge in [0.05, 0.1) is 0 Å². The van der Waals surface area contributed by atoms with Gasteiger partial charge < -0.3 is 5.32 Å². The first kappa shape index (κ1) is 11.3. The first-order valence-corrected chi connectivity index (χ1v) is 4.99. The van der Waals surface area contributed by atoms with Gasteiger partial charge in [0.1, 0.15) is 11.5 Å². The molecule has 0 aliphatic carbocycles. The largest absolute Gasteiger partial charge is 0.346 e. The molecule has 0 bridgehead atoms. The van der Waals surface area contributed by atoms with E-state index < -0.39 is 5.91 Å². The number of hydrogen-bond donors (Lipinski definition) is 1. The lowest BCUT2D eigenvalue weighted by Gasteiger charge is -2.04. The molecule has 1 heterocycles. The summed E-state index contributed by atoms with van der Waals surface area (Å²) in [5, 5.41) is 9.49. The Kier molecular flexibility index (Phi) is 3.13. The molecule has 2 rings (SSSR count). The Morgan fingerprint density at radius 2 is 2.18 bits per heavy atom. The first-order chi connectivity index (χ1) is 8.18. The lowest BCUT2D eigenvalue weighted by atomic mass is 10.2. The molecule has 1 aromatic carbocycles. The summed E-state index contributed by atoms with van der Waals surface area (Å²) >= 11 is 0. The van der Waals surface area contributed by atoms with E-state index in [4.69, 9.17) is 0 Å². The number of rotatable bonds is 3. The van der Waals surface area contributed by atoms with Crippen molar-refractivity contribution in [1.29, 1.82) is 0 Å². The molecule has 0 saturated heterocycles. The van der Waals surface area contributed by atoms with Crippen LogP contribution in [0.2, 0.25) is 0 Å². The molecule has 0 aliphatic rings. The Hall–Kier alpha value is -2.24. The van der Waals surface area contributed by atoms with Crippen molar-refractivity contribution >= 4 is 5.91 Å². The summed E-state index contributed by atoms with van der Waals surface area (Å²) in [5.41, 5.74) is 0.923. The molecule has 0 atom stereocenters. The van der Waals surface area contributed by atoms with E-state index in [9.17, 15) is 9.18 Å². The Labute approximate surface area is 96.6 Å². The highest BCUT2D eigenvalue weighted by atomic mass is 19.1. The molecule has 1 amide bonds. The van der Waals surface area contributed by atoms with Crippen LogP contribution in [0.3, 0.4) is 0 Å². The number of carbonyl (C=O) groups is 1. The van der Waals surface area contributed by atoms with Crippen molar-refractivity contribution in [3.05, 3.63) is 47.0 Å². The van der Waals surface area contributed by atoms with E-state index in [1.54, 1.807) is 25.1 Å². The van der Waals surface area contributed by atoms with E-state index in [0.717, 1.165) is 0 Å². The summed E-state index contributed by atoms with van der Waals surface area (Å²) in [4.78, 5) is 11.6. The predicted octanol–water partition coefficient (Wildman–Crippen LogP) is 1.45. The smallest absolute Gasteiger partial charge is 0.275 e. The van der Waals surface area contributed by atoms with Crippen LogP contribution < -0.4 is 5.32 Å². The van der Waals surface area contributed by atoms with Crippen LogP contribution in [-0.2, 0) is 6.54 Å². The van der Waals surface area contributed by atoms with Gasteiger partial charge in [-0.25, -0.2) is 9.02 Å². The highest BCUT2D eigenvalue weighted by Crippen LogP contribution is 2.06. The number of nitrogens with zero attached hydrogens (tertiary/aromatic N) is 2. The summed E-state index contributed by atoms with van der Waals surface area (Å²) < 4.78 is 17.7. The first-order valence-electron chi connectivity index (χ1n) is 4.99. The van der Waals surface area contributed by atoms with Crippen molar-refractivity contribution in [2.45, 2.75) is 13.5 Å². The van der Waals surface area contributed by atoms with Gasteiger partial charge in [0.15, 0.2) is 5.69 Å². The summed E-state index contributed by atoms with van der Waals surface area (Å²) in [7, 11) is 0. The van der Waals surface area contributed by atoms with Crippen molar-refractivity contribution in [2.75, 3.05) is 0 Å². The number of benzene rings is 1. The van der Waals surface area contributed by atoms with Crippen molar-refractivity contribution in [1.82, 2.24) is 15.6 Å². The van der Waals surface area contributed by atoms with Gasteiger partial charge in [0.25, 0.3) is 5.91 Å². The van der Waals surface area contributed by atoms with E-state index in [0.29, 0.717) is 11.3 Å². The van der Waals surface area contributed by atoms with Crippen LogP contribution in [0.15, 0.2) is 28.9 Å². The number of aryl methyl sites for hydroxylation is 1. The van der Waals surface area contributed by atoms with Gasteiger partial charge >= 0.3 is 0 Å². The van der Waals surface area contributed by atoms with Crippen LogP contribution in [-0.4, -0.2) is 16.2 Å². The summed E-state index contributed by atoms with van der Waals surface area (Å²) in [6.07, 6.45) is 0. The molecule has 0 fully saturated rings. The molecular formula is C11H10FN3O2. The van der Waals surface area contributed by atoms with E-state index in [1.807, 2.05) is 0 Å². The number of halogens is 1.